The van der Waals surface area contributed by atoms with E-state index in [0.29, 0.717) is 25.9 Å². The molecule has 1 aromatic heterocycles. The third-order valence-corrected chi connectivity index (χ3v) is 3.01. The van der Waals surface area contributed by atoms with Crippen molar-refractivity contribution in [1.82, 2.24) is 15.5 Å². The van der Waals surface area contributed by atoms with E-state index in [-0.39, 0.29) is 0 Å². The minimum absolute atomic E-state index is 0.514. The van der Waals surface area contributed by atoms with Crippen molar-refractivity contribution in [3.8, 4) is 0 Å². The molecule has 17 heavy (non-hydrogen) atoms. The van der Waals surface area contributed by atoms with E-state index in [4.69, 9.17) is 9.47 Å². The highest BCUT2D eigenvalue weighted by atomic mass is 32.1. The second-order valence-corrected chi connectivity index (χ2v) is 5.14. The minimum Gasteiger partial charge on any atom is -0.382 e. The largest absolute Gasteiger partial charge is 0.382 e. The Morgan fingerprint density at radius 3 is 2.71 bits per heavy atom. The van der Waals surface area contributed by atoms with E-state index in [1.54, 1.807) is 18.4 Å². The van der Waals surface area contributed by atoms with Crippen molar-refractivity contribution in [2.24, 2.45) is 0 Å². The van der Waals surface area contributed by atoms with Crippen LogP contribution in [-0.4, -0.2) is 43.1 Å². The van der Waals surface area contributed by atoms with Crippen molar-refractivity contribution in [2.45, 2.75) is 32.9 Å². The van der Waals surface area contributed by atoms with Gasteiger partial charge in [0.2, 0.25) is 0 Å². The normalized spacial score (nSPS) is 11.3. The molecule has 0 amide bonds. The molecular formula is C11H21N3O2S. The zero-order valence-electron chi connectivity index (χ0n) is 10.7. The Hall–Kier alpha value is -0.560. The number of hydrogen-bond donors (Lipinski definition) is 1. The molecule has 1 aromatic rings. The summed E-state index contributed by atoms with van der Waals surface area (Å²) in [5.41, 5.74) is 0. The first-order valence-corrected chi connectivity index (χ1v) is 6.65. The van der Waals surface area contributed by atoms with Crippen molar-refractivity contribution in [2.75, 3.05) is 26.9 Å². The molecule has 98 valence electrons. The standard InChI is InChI=1S/C11H21N3O2S/c1-9(2)12-5-4-10-13-14-11(17-10)8-16-7-6-15-3/h9,12H,4-8H2,1-3H3. The fraction of sp³-hybridized carbons (Fsp3) is 0.818. The molecule has 0 atom stereocenters. The van der Waals surface area contributed by atoms with Gasteiger partial charge in [0.1, 0.15) is 16.6 Å². The van der Waals surface area contributed by atoms with E-state index in [2.05, 4.69) is 29.4 Å². The van der Waals surface area contributed by atoms with Gasteiger partial charge in [0.25, 0.3) is 0 Å². The van der Waals surface area contributed by atoms with Gasteiger partial charge in [-0.1, -0.05) is 25.2 Å². The van der Waals surface area contributed by atoms with Crippen LogP contribution in [0.1, 0.15) is 23.9 Å². The lowest BCUT2D eigenvalue weighted by Gasteiger charge is -2.05. The number of methoxy groups -OCH3 is 1. The summed E-state index contributed by atoms with van der Waals surface area (Å²) in [6.45, 7) is 6.95. The first kappa shape index (κ1) is 14.5. The van der Waals surface area contributed by atoms with Crippen LogP contribution in [0.3, 0.4) is 0 Å². The van der Waals surface area contributed by atoms with Crippen LogP contribution in [0.5, 0.6) is 0 Å². The molecule has 5 nitrogen and oxygen atoms in total. The van der Waals surface area contributed by atoms with E-state index < -0.39 is 0 Å². The Kier molecular flexibility index (Phi) is 7.27. The fourth-order valence-electron chi connectivity index (χ4n) is 1.22. The summed E-state index contributed by atoms with van der Waals surface area (Å²) in [6.07, 6.45) is 0.925. The van der Waals surface area contributed by atoms with Crippen molar-refractivity contribution >= 4 is 11.3 Å². The molecule has 0 aliphatic rings. The van der Waals surface area contributed by atoms with Crippen LogP contribution in [0.25, 0.3) is 0 Å². The first-order valence-electron chi connectivity index (χ1n) is 5.83. The van der Waals surface area contributed by atoms with Crippen LogP contribution < -0.4 is 5.32 Å². The predicted octanol–water partition coefficient (Wildman–Crippen LogP) is 1.24. The van der Waals surface area contributed by atoms with Crippen molar-refractivity contribution in [3.05, 3.63) is 10.0 Å². The topological polar surface area (TPSA) is 56.3 Å². The van der Waals surface area contributed by atoms with E-state index >= 15 is 0 Å². The Labute approximate surface area is 107 Å². The first-order chi connectivity index (χ1) is 8.22. The molecule has 0 spiro atoms. The molecule has 0 fully saturated rings. The summed E-state index contributed by atoms with van der Waals surface area (Å²) >= 11 is 1.61. The maximum absolute atomic E-state index is 5.38. The predicted molar refractivity (Wildman–Crippen MR) is 68.3 cm³/mol. The van der Waals surface area contributed by atoms with Crippen molar-refractivity contribution in [1.29, 1.82) is 0 Å². The van der Waals surface area contributed by atoms with Crippen LogP contribution in [0.2, 0.25) is 0 Å². The Morgan fingerprint density at radius 2 is 2.00 bits per heavy atom. The van der Waals surface area contributed by atoms with Crippen LogP contribution in [-0.2, 0) is 22.5 Å². The van der Waals surface area contributed by atoms with E-state index in [9.17, 15) is 0 Å². The summed E-state index contributed by atoms with van der Waals surface area (Å²) in [4.78, 5) is 0. The molecule has 0 aliphatic heterocycles. The van der Waals surface area contributed by atoms with Gasteiger partial charge in [-0.25, -0.2) is 0 Å². The van der Waals surface area contributed by atoms with Crippen LogP contribution >= 0.6 is 11.3 Å². The highest BCUT2D eigenvalue weighted by Gasteiger charge is 2.04. The minimum atomic E-state index is 0.514. The van der Waals surface area contributed by atoms with Gasteiger partial charge in [0.05, 0.1) is 13.2 Å². The third kappa shape index (κ3) is 6.68. The average Bonchev–Trinajstić information content (AvgIpc) is 2.72. The number of rotatable bonds is 9. The smallest absolute Gasteiger partial charge is 0.143 e. The van der Waals surface area contributed by atoms with E-state index in [1.807, 2.05) is 0 Å². The Balaban J connectivity index is 2.18. The number of aromatic nitrogens is 2. The average molecular weight is 259 g/mol. The molecule has 0 aromatic carbocycles. The highest BCUT2D eigenvalue weighted by Crippen LogP contribution is 2.11. The zero-order valence-corrected chi connectivity index (χ0v) is 11.5. The molecule has 0 radical (unpaired) electrons. The lowest BCUT2D eigenvalue weighted by atomic mass is 10.3. The highest BCUT2D eigenvalue weighted by molar-refractivity contribution is 7.11. The summed E-state index contributed by atoms with van der Waals surface area (Å²) in [5, 5.41) is 13.6. The molecule has 0 saturated heterocycles. The Bertz CT molecular complexity index is 305. The zero-order chi connectivity index (χ0) is 12.5. The molecule has 0 aliphatic carbocycles. The SMILES string of the molecule is COCCOCc1nnc(CCNC(C)C)s1. The van der Waals surface area contributed by atoms with Crippen LogP contribution in [0.15, 0.2) is 0 Å². The lowest BCUT2D eigenvalue weighted by Crippen LogP contribution is -2.24. The number of hydrogen-bond acceptors (Lipinski definition) is 6. The van der Waals surface area contributed by atoms with Crippen molar-refractivity contribution < 1.29 is 9.47 Å². The molecule has 0 unspecified atom stereocenters. The van der Waals surface area contributed by atoms with Crippen molar-refractivity contribution in [3.63, 3.8) is 0 Å². The summed E-state index contributed by atoms with van der Waals surface area (Å²) < 4.78 is 10.3. The summed E-state index contributed by atoms with van der Waals surface area (Å²) in [7, 11) is 1.66. The second kappa shape index (κ2) is 8.52. The molecule has 0 saturated carbocycles. The van der Waals surface area contributed by atoms with Gasteiger partial charge >= 0.3 is 0 Å². The molecule has 6 heteroatoms. The monoisotopic (exact) mass is 259 g/mol. The lowest BCUT2D eigenvalue weighted by molar-refractivity contribution is 0.0613. The van der Waals surface area contributed by atoms with Gasteiger partial charge in [-0.05, 0) is 0 Å². The second-order valence-electron chi connectivity index (χ2n) is 3.99. The number of ether oxygens (including phenoxy) is 2. The summed E-state index contributed by atoms with van der Waals surface area (Å²) in [6, 6.07) is 0.514. The van der Waals surface area contributed by atoms with Crippen LogP contribution in [0, 0.1) is 0 Å². The number of nitrogens with zero attached hydrogens (tertiary/aromatic N) is 2. The van der Waals surface area contributed by atoms with Crippen LogP contribution in [0.4, 0.5) is 0 Å². The van der Waals surface area contributed by atoms with Gasteiger partial charge in [-0.3, -0.25) is 0 Å². The quantitative estimate of drug-likeness (QED) is 0.676. The van der Waals surface area contributed by atoms with Gasteiger partial charge in [-0.15, -0.1) is 10.2 Å². The van der Waals surface area contributed by atoms with E-state index in [0.717, 1.165) is 23.0 Å². The maximum atomic E-state index is 5.38. The molecule has 1 heterocycles. The molecular weight excluding hydrogens is 238 g/mol. The van der Waals surface area contributed by atoms with Gasteiger partial charge < -0.3 is 14.8 Å². The number of nitrogens with one attached hydrogen (secondary N) is 1. The molecule has 1 rings (SSSR count). The summed E-state index contributed by atoms with van der Waals surface area (Å²) in [5.74, 6) is 0. The molecule has 0 bridgehead atoms. The third-order valence-electron chi connectivity index (χ3n) is 2.06. The van der Waals surface area contributed by atoms with E-state index in [1.165, 1.54) is 0 Å². The van der Waals surface area contributed by atoms with Gasteiger partial charge in [0, 0.05) is 26.1 Å². The maximum Gasteiger partial charge on any atom is 0.143 e. The molecule has 1 N–H and O–H groups in total. The van der Waals surface area contributed by atoms with Gasteiger partial charge in [-0.2, -0.15) is 0 Å². The Morgan fingerprint density at radius 1 is 1.24 bits per heavy atom. The van der Waals surface area contributed by atoms with Gasteiger partial charge in [0.15, 0.2) is 0 Å². The fourth-order valence-corrected chi connectivity index (χ4v) is 2.00.